The Kier molecular flexibility index (Phi) is 3.92. The number of nitrogens with zero attached hydrogens (tertiary/aromatic N) is 4. The molecule has 108 valence electrons. The summed E-state index contributed by atoms with van der Waals surface area (Å²) in [6.07, 6.45) is 4.31. The second-order valence-electron chi connectivity index (χ2n) is 4.91. The van der Waals surface area contributed by atoms with Crippen LogP contribution in [0.5, 0.6) is 0 Å². The smallest absolute Gasteiger partial charge is 0.145 e. The first-order chi connectivity index (χ1) is 10.3. The van der Waals surface area contributed by atoms with Crippen molar-refractivity contribution in [2.24, 2.45) is 0 Å². The minimum Gasteiger partial charge on any atom is -0.328 e. The van der Waals surface area contributed by atoms with Crippen molar-refractivity contribution in [3.05, 3.63) is 54.4 Å². The molecular formula is C16H19N5. The second kappa shape index (κ2) is 6.01. The second-order valence-corrected chi connectivity index (χ2v) is 4.91. The van der Waals surface area contributed by atoms with Gasteiger partial charge in [-0.05, 0) is 32.2 Å². The Labute approximate surface area is 124 Å². The fourth-order valence-electron chi connectivity index (χ4n) is 2.63. The van der Waals surface area contributed by atoms with E-state index in [0.29, 0.717) is 0 Å². The third-order valence-corrected chi connectivity index (χ3v) is 3.68. The first-order valence-electron chi connectivity index (χ1n) is 7.21. The number of benzene rings is 1. The van der Waals surface area contributed by atoms with Crippen molar-refractivity contribution in [1.29, 1.82) is 0 Å². The van der Waals surface area contributed by atoms with Gasteiger partial charge < -0.3 is 9.88 Å². The Balaban J connectivity index is 1.97. The number of nitrogens with one attached hydrogen (secondary N) is 1. The highest BCUT2D eigenvalue weighted by Crippen LogP contribution is 2.20. The summed E-state index contributed by atoms with van der Waals surface area (Å²) in [4.78, 5) is 13.5. The zero-order valence-corrected chi connectivity index (χ0v) is 12.3. The molecule has 3 rings (SSSR count). The number of hydrogen-bond acceptors (Lipinski definition) is 4. The van der Waals surface area contributed by atoms with E-state index in [-0.39, 0.29) is 6.04 Å². The molecule has 21 heavy (non-hydrogen) atoms. The molecule has 0 saturated heterocycles. The van der Waals surface area contributed by atoms with Gasteiger partial charge in [0.2, 0.25) is 0 Å². The van der Waals surface area contributed by atoms with E-state index in [0.717, 1.165) is 30.1 Å². The average molecular weight is 281 g/mol. The van der Waals surface area contributed by atoms with Gasteiger partial charge in [0, 0.05) is 25.4 Å². The third kappa shape index (κ3) is 2.64. The predicted molar refractivity (Wildman–Crippen MR) is 82.9 cm³/mol. The van der Waals surface area contributed by atoms with Crippen LogP contribution >= 0.6 is 0 Å². The molecular weight excluding hydrogens is 262 g/mol. The molecule has 0 aliphatic heterocycles. The van der Waals surface area contributed by atoms with Gasteiger partial charge in [-0.15, -0.1) is 0 Å². The van der Waals surface area contributed by atoms with E-state index >= 15 is 0 Å². The summed E-state index contributed by atoms with van der Waals surface area (Å²) in [5.74, 6) is 1.86. The summed E-state index contributed by atoms with van der Waals surface area (Å²) in [7, 11) is 1.93. The van der Waals surface area contributed by atoms with Gasteiger partial charge in [0.1, 0.15) is 11.6 Å². The largest absolute Gasteiger partial charge is 0.328 e. The molecule has 1 atom stereocenters. The molecule has 1 N–H and O–H groups in total. The third-order valence-electron chi connectivity index (χ3n) is 3.68. The quantitative estimate of drug-likeness (QED) is 0.780. The lowest BCUT2D eigenvalue weighted by atomic mass is 10.2. The molecule has 0 aliphatic carbocycles. The van der Waals surface area contributed by atoms with Gasteiger partial charge in [-0.25, -0.2) is 15.0 Å². The van der Waals surface area contributed by atoms with E-state index in [9.17, 15) is 0 Å². The van der Waals surface area contributed by atoms with E-state index in [1.54, 1.807) is 12.4 Å². The molecule has 0 amide bonds. The van der Waals surface area contributed by atoms with Gasteiger partial charge in [0.25, 0.3) is 0 Å². The highest BCUT2D eigenvalue weighted by atomic mass is 15.1. The SMILES string of the molecule is CCn1c(CC(NC)c2ncccn2)nc2ccccc21. The number of rotatable bonds is 5. The summed E-state index contributed by atoms with van der Waals surface area (Å²) in [5, 5.41) is 3.28. The Morgan fingerprint density at radius 2 is 1.90 bits per heavy atom. The van der Waals surface area contributed by atoms with Crippen LogP contribution in [0.3, 0.4) is 0 Å². The summed E-state index contributed by atoms with van der Waals surface area (Å²) < 4.78 is 2.25. The average Bonchev–Trinajstić information content (AvgIpc) is 2.90. The number of aryl methyl sites for hydroxylation is 1. The minimum absolute atomic E-state index is 0.0633. The van der Waals surface area contributed by atoms with Crippen LogP contribution in [-0.4, -0.2) is 26.6 Å². The normalized spacial score (nSPS) is 12.7. The topological polar surface area (TPSA) is 55.6 Å². The van der Waals surface area contributed by atoms with Crippen molar-refractivity contribution >= 4 is 11.0 Å². The van der Waals surface area contributed by atoms with Crippen LogP contribution in [0.2, 0.25) is 0 Å². The monoisotopic (exact) mass is 281 g/mol. The molecule has 2 aromatic heterocycles. The molecule has 5 heteroatoms. The highest BCUT2D eigenvalue weighted by Gasteiger charge is 2.17. The first kappa shape index (κ1) is 13.7. The zero-order chi connectivity index (χ0) is 14.7. The van der Waals surface area contributed by atoms with Crippen LogP contribution in [0, 0.1) is 0 Å². The molecule has 0 saturated carbocycles. The summed E-state index contributed by atoms with van der Waals surface area (Å²) in [6, 6.07) is 10.1. The van der Waals surface area contributed by atoms with Crippen LogP contribution < -0.4 is 5.32 Å². The van der Waals surface area contributed by atoms with Gasteiger partial charge in [-0.1, -0.05) is 12.1 Å². The molecule has 0 fully saturated rings. The first-order valence-corrected chi connectivity index (χ1v) is 7.21. The standard InChI is InChI=1S/C16H19N5/c1-3-21-14-8-5-4-7-12(14)20-15(21)11-13(17-2)16-18-9-6-10-19-16/h4-10,13,17H,3,11H2,1-2H3. The maximum Gasteiger partial charge on any atom is 0.145 e. The maximum absolute atomic E-state index is 4.76. The summed E-state index contributed by atoms with van der Waals surface area (Å²) in [5.41, 5.74) is 2.22. The van der Waals surface area contributed by atoms with Gasteiger partial charge >= 0.3 is 0 Å². The number of imidazole rings is 1. The van der Waals surface area contributed by atoms with E-state index in [4.69, 9.17) is 4.98 Å². The van der Waals surface area contributed by atoms with Crippen molar-refractivity contribution in [2.45, 2.75) is 25.9 Å². The van der Waals surface area contributed by atoms with Crippen LogP contribution in [-0.2, 0) is 13.0 Å². The minimum atomic E-state index is 0.0633. The van der Waals surface area contributed by atoms with E-state index in [1.807, 2.05) is 19.2 Å². The molecule has 0 spiro atoms. The summed E-state index contributed by atoms with van der Waals surface area (Å²) in [6.45, 7) is 3.05. The fraction of sp³-hybridized carbons (Fsp3) is 0.312. The Hall–Kier alpha value is -2.27. The van der Waals surface area contributed by atoms with E-state index in [1.165, 1.54) is 5.52 Å². The predicted octanol–water partition coefficient (Wildman–Crippen LogP) is 2.35. The Morgan fingerprint density at radius 1 is 1.14 bits per heavy atom. The van der Waals surface area contributed by atoms with Gasteiger partial charge in [-0.3, -0.25) is 0 Å². The number of hydrogen-bond donors (Lipinski definition) is 1. The number of aromatic nitrogens is 4. The van der Waals surface area contributed by atoms with Crippen LogP contribution in [0.15, 0.2) is 42.7 Å². The number of likely N-dealkylation sites (N-methyl/N-ethyl adjacent to an activating group) is 1. The van der Waals surface area contributed by atoms with Crippen molar-refractivity contribution in [2.75, 3.05) is 7.05 Å². The molecule has 0 radical (unpaired) electrons. The number of fused-ring (bicyclic) bond motifs is 1. The van der Waals surface area contributed by atoms with Gasteiger partial charge in [0.15, 0.2) is 0 Å². The van der Waals surface area contributed by atoms with Crippen LogP contribution in [0.25, 0.3) is 11.0 Å². The fourth-order valence-corrected chi connectivity index (χ4v) is 2.63. The van der Waals surface area contributed by atoms with Crippen molar-refractivity contribution in [3.63, 3.8) is 0 Å². The molecule has 3 aromatic rings. The van der Waals surface area contributed by atoms with Crippen molar-refractivity contribution in [1.82, 2.24) is 24.8 Å². The lowest BCUT2D eigenvalue weighted by molar-refractivity contribution is 0.529. The van der Waals surface area contributed by atoms with E-state index < -0.39 is 0 Å². The van der Waals surface area contributed by atoms with Crippen molar-refractivity contribution < 1.29 is 0 Å². The molecule has 0 aliphatic rings. The highest BCUT2D eigenvalue weighted by molar-refractivity contribution is 5.75. The molecule has 2 heterocycles. The summed E-state index contributed by atoms with van der Waals surface area (Å²) >= 11 is 0. The van der Waals surface area contributed by atoms with E-state index in [2.05, 4.69) is 45.0 Å². The molecule has 1 unspecified atom stereocenters. The number of para-hydroxylation sites is 2. The zero-order valence-electron chi connectivity index (χ0n) is 12.3. The lowest BCUT2D eigenvalue weighted by Gasteiger charge is -2.15. The lowest BCUT2D eigenvalue weighted by Crippen LogP contribution is -2.22. The molecule has 5 nitrogen and oxygen atoms in total. The maximum atomic E-state index is 4.76. The Morgan fingerprint density at radius 3 is 2.62 bits per heavy atom. The molecule has 0 bridgehead atoms. The van der Waals surface area contributed by atoms with Gasteiger partial charge in [-0.2, -0.15) is 0 Å². The molecule has 1 aromatic carbocycles. The van der Waals surface area contributed by atoms with Crippen LogP contribution in [0.1, 0.15) is 24.6 Å². The van der Waals surface area contributed by atoms with Crippen molar-refractivity contribution in [3.8, 4) is 0 Å². The Bertz CT molecular complexity index is 720. The van der Waals surface area contributed by atoms with Gasteiger partial charge in [0.05, 0.1) is 17.1 Å². The van der Waals surface area contributed by atoms with Crippen LogP contribution in [0.4, 0.5) is 0 Å².